The number of hydrogen-bond acceptors (Lipinski definition) is 2. The van der Waals surface area contributed by atoms with Crippen molar-refractivity contribution >= 4 is 10.9 Å². The maximum Gasteiger partial charge on any atom is 0.119 e. The highest BCUT2D eigenvalue weighted by Gasteiger charge is 2.10. The number of aromatic nitrogens is 1. The van der Waals surface area contributed by atoms with Crippen molar-refractivity contribution in [3.05, 3.63) is 30.0 Å². The van der Waals surface area contributed by atoms with Crippen LogP contribution in [0.3, 0.4) is 0 Å². The molecule has 0 fully saturated rings. The van der Waals surface area contributed by atoms with Crippen LogP contribution < -0.4 is 10.1 Å². The van der Waals surface area contributed by atoms with Crippen LogP contribution in [0.1, 0.15) is 12.5 Å². The summed E-state index contributed by atoms with van der Waals surface area (Å²) in [5, 5.41) is 4.56. The molecule has 1 aromatic carbocycles. The molecule has 0 saturated heterocycles. The lowest BCUT2D eigenvalue weighted by atomic mass is 10.1. The fourth-order valence-corrected chi connectivity index (χ4v) is 2.17. The first-order valence-electron chi connectivity index (χ1n) is 5.95. The van der Waals surface area contributed by atoms with Gasteiger partial charge in [-0.05, 0) is 44.2 Å². The lowest BCUT2D eigenvalue weighted by Crippen LogP contribution is -2.23. The summed E-state index contributed by atoms with van der Waals surface area (Å²) in [5.74, 6) is 0.919. The van der Waals surface area contributed by atoms with Crippen LogP contribution in [0.25, 0.3) is 10.9 Å². The first-order valence-corrected chi connectivity index (χ1v) is 5.95. The Hall–Kier alpha value is -1.48. The molecule has 0 spiro atoms. The van der Waals surface area contributed by atoms with Gasteiger partial charge >= 0.3 is 0 Å². The molecule has 0 aliphatic heterocycles. The molecule has 1 heterocycles. The minimum absolute atomic E-state index is 0.479. The van der Waals surface area contributed by atoms with Crippen LogP contribution in [0.4, 0.5) is 0 Å². The zero-order chi connectivity index (χ0) is 12.4. The number of hydrogen-bond donors (Lipinski definition) is 1. The molecule has 1 unspecified atom stereocenters. The smallest absolute Gasteiger partial charge is 0.119 e. The monoisotopic (exact) mass is 232 g/mol. The Labute approximate surface area is 102 Å². The summed E-state index contributed by atoms with van der Waals surface area (Å²) in [4.78, 5) is 0. The van der Waals surface area contributed by atoms with Crippen molar-refractivity contribution < 1.29 is 4.74 Å². The molecule has 1 aromatic heterocycles. The lowest BCUT2D eigenvalue weighted by molar-refractivity contribution is 0.415. The number of nitrogens with one attached hydrogen (secondary N) is 1. The van der Waals surface area contributed by atoms with E-state index in [1.807, 2.05) is 13.1 Å². The van der Waals surface area contributed by atoms with Gasteiger partial charge in [0.15, 0.2) is 0 Å². The van der Waals surface area contributed by atoms with E-state index in [9.17, 15) is 0 Å². The van der Waals surface area contributed by atoms with E-state index in [1.165, 1.54) is 16.5 Å². The molecule has 2 rings (SSSR count). The largest absolute Gasteiger partial charge is 0.497 e. The van der Waals surface area contributed by atoms with Gasteiger partial charge < -0.3 is 14.6 Å². The number of likely N-dealkylation sites (N-methyl/N-ethyl adjacent to an activating group) is 1. The van der Waals surface area contributed by atoms with E-state index in [1.54, 1.807) is 7.11 Å². The fraction of sp³-hybridized carbons (Fsp3) is 0.429. The summed E-state index contributed by atoms with van der Waals surface area (Å²) >= 11 is 0. The number of methoxy groups -OCH3 is 1. The average Bonchev–Trinajstić information content (AvgIpc) is 2.65. The van der Waals surface area contributed by atoms with Crippen LogP contribution >= 0.6 is 0 Å². The predicted molar refractivity (Wildman–Crippen MR) is 71.7 cm³/mol. The number of benzene rings is 1. The van der Waals surface area contributed by atoms with Gasteiger partial charge in [-0.1, -0.05) is 0 Å². The number of nitrogens with zero attached hydrogens (tertiary/aromatic N) is 1. The molecule has 0 radical (unpaired) electrons. The third-order valence-electron chi connectivity index (χ3n) is 3.30. The standard InChI is InChI=1S/C14H20N2O/c1-10(15-2)7-11-9-16(3)14-6-5-12(17-4)8-13(11)14/h5-6,8-10,15H,7H2,1-4H3. The second kappa shape index (κ2) is 4.80. The minimum Gasteiger partial charge on any atom is -0.497 e. The van der Waals surface area contributed by atoms with E-state index >= 15 is 0 Å². The Kier molecular flexibility index (Phi) is 3.38. The molecule has 0 aliphatic carbocycles. The molecule has 17 heavy (non-hydrogen) atoms. The molecule has 0 aliphatic rings. The first-order chi connectivity index (χ1) is 8.15. The molecule has 1 atom stereocenters. The molecule has 2 aromatic rings. The molecule has 3 nitrogen and oxygen atoms in total. The molecular formula is C14H20N2O. The molecule has 3 heteroatoms. The van der Waals surface area contributed by atoms with Gasteiger partial charge in [0, 0.05) is 30.2 Å². The summed E-state index contributed by atoms with van der Waals surface area (Å²) in [6.07, 6.45) is 3.24. The Bertz CT molecular complexity index is 516. The van der Waals surface area contributed by atoms with E-state index in [0.717, 1.165) is 12.2 Å². The lowest BCUT2D eigenvalue weighted by Gasteiger charge is -2.08. The van der Waals surface area contributed by atoms with Gasteiger partial charge in [0.2, 0.25) is 0 Å². The van der Waals surface area contributed by atoms with Crippen molar-refractivity contribution in [1.29, 1.82) is 0 Å². The second-order valence-electron chi connectivity index (χ2n) is 4.54. The highest BCUT2D eigenvalue weighted by Crippen LogP contribution is 2.26. The maximum absolute atomic E-state index is 5.29. The minimum atomic E-state index is 0.479. The number of fused-ring (bicyclic) bond motifs is 1. The van der Waals surface area contributed by atoms with Crippen LogP contribution in [-0.2, 0) is 13.5 Å². The normalized spacial score (nSPS) is 12.9. The summed E-state index contributed by atoms with van der Waals surface area (Å²) < 4.78 is 7.47. The Morgan fingerprint density at radius 2 is 2.18 bits per heavy atom. The van der Waals surface area contributed by atoms with E-state index in [-0.39, 0.29) is 0 Å². The molecule has 1 N–H and O–H groups in total. The van der Waals surface area contributed by atoms with E-state index < -0.39 is 0 Å². The van der Waals surface area contributed by atoms with Gasteiger partial charge in [-0.15, -0.1) is 0 Å². The van der Waals surface area contributed by atoms with Crippen molar-refractivity contribution in [2.24, 2.45) is 7.05 Å². The summed E-state index contributed by atoms with van der Waals surface area (Å²) in [7, 11) is 5.79. The van der Waals surface area contributed by atoms with Crippen LogP contribution in [0.5, 0.6) is 5.75 Å². The first kappa shape index (κ1) is 12.0. The number of rotatable bonds is 4. The second-order valence-corrected chi connectivity index (χ2v) is 4.54. The highest BCUT2D eigenvalue weighted by atomic mass is 16.5. The molecular weight excluding hydrogens is 212 g/mol. The fourth-order valence-electron chi connectivity index (χ4n) is 2.17. The molecule has 92 valence electrons. The quantitative estimate of drug-likeness (QED) is 0.875. The van der Waals surface area contributed by atoms with Gasteiger partial charge in [0.25, 0.3) is 0 Å². The summed E-state index contributed by atoms with van der Waals surface area (Å²) in [5.41, 5.74) is 2.62. The van der Waals surface area contributed by atoms with E-state index in [2.05, 4.69) is 42.2 Å². The Balaban J connectivity index is 2.47. The summed E-state index contributed by atoms with van der Waals surface area (Å²) in [6.45, 7) is 2.19. The SMILES string of the molecule is CNC(C)Cc1cn(C)c2ccc(OC)cc12. The van der Waals surface area contributed by atoms with Crippen LogP contribution in [0, 0.1) is 0 Å². The number of aryl methyl sites for hydroxylation is 1. The van der Waals surface area contributed by atoms with Crippen molar-refractivity contribution in [3.8, 4) is 5.75 Å². The van der Waals surface area contributed by atoms with Crippen molar-refractivity contribution in [2.75, 3.05) is 14.2 Å². The Morgan fingerprint density at radius 3 is 2.82 bits per heavy atom. The van der Waals surface area contributed by atoms with Gasteiger partial charge in [0.1, 0.15) is 5.75 Å². The van der Waals surface area contributed by atoms with Gasteiger partial charge in [-0.2, -0.15) is 0 Å². The molecule has 0 amide bonds. The van der Waals surface area contributed by atoms with Crippen molar-refractivity contribution in [2.45, 2.75) is 19.4 Å². The van der Waals surface area contributed by atoms with E-state index in [0.29, 0.717) is 6.04 Å². The van der Waals surface area contributed by atoms with Gasteiger partial charge in [0.05, 0.1) is 7.11 Å². The van der Waals surface area contributed by atoms with Gasteiger partial charge in [-0.25, -0.2) is 0 Å². The highest BCUT2D eigenvalue weighted by molar-refractivity contribution is 5.85. The molecule has 0 saturated carbocycles. The third kappa shape index (κ3) is 2.29. The van der Waals surface area contributed by atoms with Crippen molar-refractivity contribution in [1.82, 2.24) is 9.88 Å². The van der Waals surface area contributed by atoms with Gasteiger partial charge in [-0.3, -0.25) is 0 Å². The van der Waals surface area contributed by atoms with Crippen LogP contribution in [0.2, 0.25) is 0 Å². The summed E-state index contributed by atoms with van der Waals surface area (Å²) in [6, 6.07) is 6.72. The third-order valence-corrected chi connectivity index (χ3v) is 3.30. The zero-order valence-electron chi connectivity index (χ0n) is 10.9. The predicted octanol–water partition coefficient (Wildman–Crippen LogP) is 2.34. The zero-order valence-corrected chi connectivity index (χ0v) is 10.9. The maximum atomic E-state index is 5.29. The Morgan fingerprint density at radius 1 is 1.41 bits per heavy atom. The van der Waals surface area contributed by atoms with E-state index in [4.69, 9.17) is 4.74 Å². The average molecular weight is 232 g/mol. The topological polar surface area (TPSA) is 26.2 Å². The van der Waals surface area contributed by atoms with Crippen LogP contribution in [-0.4, -0.2) is 24.8 Å². The van der Waals surface area contributed by atoms with Crippen molar-refractivity contribution in [3.63, 3.8) is 0 Å². The number of ether oxygens (including phenoxy) is 1. The molecule has 0 bridgehead atoms. The van der Waals surface area contributed by atoms with Crippen LogP contribution in [0.15, 0.2) is 24.4 Å².